The number of carbonyl (C=O) groups is 2. The Balaban J connectivity index is 2.73. The van der Waals surface area contributed by atoms with Gasteiger partial charge in [-0.05, 0) is 56.5 Å². The van der Waals surface area contributed by atoms with Crippen LogP contribution in [-0.2, 0) is 14.3 Å². The Kier molecular flexibility index (Phi) is 8.29. The van der Waals surface area contributed by atoms with Crippen molar-refractivity contribution >= 4 is 50.0 Å². The number of nitrogens with one attached hydrogen (secondary N) is 1. The van der Waals surface area contributed by atoms with Crippen molar-refractivity contribution in [1.82, 2.24) is 5.43 Å². The van der Waals surface area contributed by atoms with Crippen molar-refractivity contribution < 1.29 is 19.1 Å². The van der Waals surface area contributed by atoms with E-state index in [-0.39, 0.29) is 19.6 Å². The van der Waals surface area contributed by atoms with Crippen molar-refractivity contribution in [3.05, 3.63) is 26.6 Å². The quantitative estimate of drug-likeness (QED) is 0.394. The fraction of sp³-hybridized carbons (Fsp3) is 0.286. The number of nitriles is 1. The first-order valence-electron chi connectivity index (χ1n) is 6.44. The number of hydrogen-bond acceptors (Lipinski definition) is 6. The predicted octanol–water partition coefficient (Wildman–Crippen LogP) is 2.52. The highest BCUT2D eigenvalue weighted by atomic mass is 79.9. The van der Waals surface area contributed by atoms with E-state index in [1.54, 1.807) is 25.1 Å². The van der Waals surface area contributed by atoms with Gasteiger partial charge in [0.1, 0.15) is 12.2 Å². The van der Waals surface area contributed by atoms with E-state index in [1.807, 2.05) is 0 Å². The van der Waals surface area contributed by atoms with E-state index < -0.39 is 11.9 Å². The van der Waals surface area contributed by atoms with Gasteiger partial charge >= 0.3 is 5.97 Å². The van der Waals surface area contributed by atoms with Gasteiger partial charge in [-0.15, -0.1) is 0 Å². The zero-order valence-corrected chi connectivity index (χ0v) is 15.3. The van der Waals surface area contributed by atoms with Gasteiger partial charge in [-0.25, -0.2) is 10.2 Å². The van der Waals surface area contributed by atoms with E-state index in [9.17, 15) is 9.59 Å². The molecule has 0 aliphatic rings. The van der Waals surface area contributed by atoms with Gasteiger partial charge in [0.05, 0.1) is 27.8 Å². The number of benzene rings is 1. The molecule has 0 atom stereocenters. The van der Waals surface area contributed by atoms with Crippen molar-refractivity contribution in [3.8, 4) is 11.8 Å². The third-order valence-corrected chi connectivity index (χ3v) is 3.48. The molecule has 1 N–H and O–H groups in total. The van der Waals surface area contributed by atoms with E-state index in [0.717, 1.165) is 0 Å². The lowest BCUT2D eigenvalue weighted by molar-refractivity contribution is -0.145. The molecule has 1 rings (SSSR count). The molecule has 0 aliphatic heterocycles. The average Bonchev–Trinajstić information content (AvgIpc) is 2.47. The van der Waals surface area contributed by atoms with Gasteiger partial charge < -0.3 is 9.47 Å². The van der Waals surface area contributed by atoms with Gasteiger partial charge in [0.25, 0.3) is 5.91 Å². The summed E-state index contributed by atoms with van der Waals surface area (Å²) in [7, 11) is 0. The van der Waals surface area contributed by atoms with Crippen molar-refractivity contribution in [2.45, 2.75) is 13.3 Å². The van der Waals surface area contributed by atoms with Gasteiger partial charge in [0, 0.05) is 0 Å². The lowest BCUT2D eigenvalue weighted by atomic mass is 10.2. The molecule has 0 saturated carbocycles. The Bertz CT molecular complexity index is 633. The van der Waals surface area contributed by atoms with Gasteiger partial charge in [0.15, 0.2) is 6.61 Å². The fourth-order valence-electron chi connectivity index (χ4n) is 1.42. The molecule has 1 amide bonds. The molecular weight excluding hydrogens is 434 g/mol. The maximum atomic E-state index is 11.3. The van der Waals surface area contributed by atoms with Crippen molar-refractivity contribution in [2.75, 3.05) is 13.2 Å². The summed E-state index contributed by atoms with van der Waals surface area (Å²) in [6, 6.07) is 5.12. The molecule has 0 unspecified atom stereocenters. The van der Waals surface area contributed by atoms with Gasteiger partial charge in [-0.3, -0.25) is 4.79 Å². The first-order chi connectivity index (χ1) is 11.0. The smallest absolute Gasteiger partial charge is 0.344 e. The molecular formula is C14H13Br2N3O4. The van der Waals surface area contributed by atoms with Crippen LogP contribution in [0.5, 0.6) is 5.75 Å². The fourth-order valence-corrected chi connectivity index (χ4v) is 2.87. The SMILES string of the molecule is CCOC(=O)COc1c(Br)cc(C=NNC(=O)CC#N)cc1Br. The third kappa shape index (κ3) is 6.80. The lowest BCUT2D eigenvalue weighted by Gasteiger charge is -2.10. The highest BCUT2D eigenvalue weighted by Gasteiger charge is 2.11. The first kappa shape index (κ1) is 19.1. The number of nitrogens with zero attached hydrogens (tertiary/aromatic N) is 2. The molecule has 0 spiro atoms. The second-order valence-electron chi connectivity index (χ2n) is 4.04. The minimum absolute atomic E-state index is 0.206. The Morgan fingerprint density at radius 2 is 2.04 bits per heavy atom. The molecule has 0 fully saturated rings. The van der Waals surface area contributed by atoms with Crippen LogP contribution >= 0.6 is 31.9 Å². The van der Waals surface area contributed by atoms with Crippen LogP contribution < -0.4 is 10.2 Å². The molecule has 0 aromatic heterocycles. The van der Waals surface area contributed by atoms with Crippen LogP contribution in [0, 0.1) is 11.3 Å². The normalized spacial score (nSPS) is 10.2. The Morgan fingerprint density at radius 1 is 1.39 bits per heavy atom. The number of halogens is 2. The maximum absolute atomic E-state index is 11.3. The molecule has 0 radical (unpaired) electrons. The van der Waals surface area contributed by atoms with Crippen LogP contribution in [-0.4, -0.2) is 31.3 Å². The number of rotatable bonds is 7. The molecule has 1 aromatic carbocycles. The van der Waals surface area contributed by atoms with E-state index in [4.69, 9.17) is 14.7 Å². The summed E-state index contributed by atoms with van der Waals surface area (Å²) in [6.07, 6.45) is 1.16. The summed E-state index contributed by atoms with van der Waals surface area (Å²) in [5.74, 6) is -0.503. The largest absolute Gasteiger partial charge is 0.480 e. The Morgan fingerprint density at radius 3 is 2.61 bits per heavy atom. The van der Waals surface area contributed by atoms with Crippen LogP contribution in [0.3, 0.4) is 0 Å². The summed E-state index contributed by atoms with van der Waals surface area (Å²) in [6.45, 7) is 1.80. The van der Waals surface area contributed by atoms with Crippen LogP contribution in [0.4, 0.5) is 0 Å². The number of ether oxygens (including phenoxy) is 2. The molecule has 122 valence electrons. The van der Waals surface area contributed by atoms with E-state index in [0.29, 0.717) is 20.3 Å². The summed E-state index contributed by atoms with van der Waals surface area (Å²) in [4.78, 5) is 22.4. The van der Waals surface area contributed by atoms with Gasteiger partial charge in [-0.1, -0.05) is 0 Å². The van der Waals surface area contributed by atoms with Crippen molar-refractivity contribution in [1.29, 1.82) is 5.26 Å². The molecule has 0 saturated heterocycles. The predicted molar refractivity (Wildman–Crippen MR) is 89.9 cm³/mol. The number of carbonyl (C=O) groups excluding carboxylic acids is 2. The van der Waals surface area contributed by atoms with Crippen molar-refractivity contribution in [3.63, 3.8) is 0 Å². The highest BCUT2D eigenvalue weighted by Crippen LogP contribution is 2.34. The maximum Gasteiger partial charge on any atom is 0.344 e. The van der Waals surface area contributed by atoms with Gasteiger partial charge in [0.2, 0.25) is 0 Å². The van der Waals surface area contributed by atoms with Crippen LogP contribution in [0.15, 0.2) is 26.2 Å². The summed E-state index contributed by atoms with van der Waals surface area (Å²) in [5.41, 5.74) is 2.90. The number of esters is 1. The van der Waals surface area contributed by atoms with Crippen LogP contribution in [0.1, 0.15) is 18.9 Å². The van der Waals surface area contributed by atoms with E-state index >= 15 is 0 Å². The summed E-state index contributed by atoms with van der Waals surface area (Å²) < 4.78 is 11.4. The highest BCUT2D eigenvalue weighted by molar-refractivity contribution is 9.11. The first-order valence-corrected chi connectivity index (χ1v) is 8.02. The Labute approximate surface area is 149 Å². The van der Waals surface area contributed by atoms with Crippen LogP contribution in [0.25, 0.3) is 0 Å². The topological polar surface area (TPSA) is 101 Å². The molecule has 7 nitrogen and oxygen atoms in total. The van der Waals surface area contributed by atoms with Crippen molar-refractivity contribution in [2.24, 2.45) is 5.10 Å². The van der Waals surface area contributed by atoms with Crippen LogP contribution in [0.2, 0.25) is 0 Å². The minimum atomic E-state index is -0.490. The molecule has 0 heterocycles. The molecule has 0 bridgehead atoms. The lowest BCUT2D eigenvalue weighted by Crippen LogP contribution is -2.16. The number of amides is 1. The summed E-state index contributed by atoms with van der Waals surface area (Å²) in [5, 5.41) is 12.1. The van der Waals surface area contributed by atoms with E-state index in [2.05, 4.69) is 42.4 Å². The average molecular weight is 447 g/mol. The second-order valence-corrected chi connectivity index (χ2v) is 5.74. The standard InChI is InChI=1S/C14H13Br2N3O4/c1-2-22-13(21)8-23-14-10(15)5-9(6-11(14)16)7-18-19-12(20)3-4-17/h5-7H,2-3,8H2,1H3,(H,19,20). The van der Waals surface area contributed by atoms with E-state index in [1.165, 1.54) is 6.21 Å². The molecule has 23 heavy (non-hydrogen) atoms. The molecule has 9 heteroatoms. The molecule has 0 aliphatic carbocycles. The Hall–Kier alpha value is -1.92. The minimum Gasteiger partial charge on any atom is -0.480 e. The van der Waals surface area contributed by atoms with Gasteiger partial charge in [-0.2, -0.15) is 10.4 Å². The number of hydrogen-bond donors (Lipinski definition) is 1. The summed E-state index contributed by atoms with van der Waals surface area (Å²) >= 11 is 6.67. The number of hydrazone groups is 1. The molecule has 1 aromatic rings. The monoisotopic (exact) mass is 445 g/mol. The zero-order chi connectivity index (χ0) is 17.2. The zero-order valence-electron chi connectivity index (χ0n) is 12.1. The second kappa shape index (κ2) is 9.97. The third-order valence-electron chi connectivity index (χ3n) is 2.30.